The molecule has 0 atom stereocenters. The molecule has 0 aliphatic heterocycles. The molecule has 3 rings (SSSR count). The number of hydrogen-bond acceptors (Lipinski definition) is 3. The van der Waals surface area contributed by atoms with Gasteiger partial charge in [0.15, 0.2) is 11.5 Å². The molecule has 1 N–H and O–H groups in total. The number of aromatic hydroxyl groups is 1. The number of rotatable bonds is 2. The Balaban J connectivity index is 1.92. The van der Waals surface area contributed by atoms with Crippen LogP contribution in [0.2, 0.25) is 0 Å². The molecule has 5 heteroatoms. The number of pyridine rings is 1. The molecule has 18 heavy (non-hydrogen) atoms. The predicted molar refractivity (Wildman–Crippen MR) is 71.6 cm³/mol. The van der Waals surface area contributed by atoms with E-state index in [1.807, 2.05) is 30.5 Å². The van der Waals surface area contributed by atoms with Gasteiger partial charge in [0.1, 0.15) is 5.75 Å². The molecule has 0 amide bonds. The molecular formula is C13H10BrN3O. The summed E-state index contributed by atoms with van der Waals surface area (Å²) in [5.41, 5.74) is 1.90. The lowest BCUT2D eigenvalue weighted by atomic mass is 10.1. The highest BCUT2D eigenvalue weighted by atomic mass is 79.9. The third-order valence-electron chi connectivity index (χ3n) is 2.64. The number of aromatic nitrogens is 3. The SMILES string of the molecule is Oc1ccc(Cc2nc3ccc(Br)cn3n2)cc1. The highest BCUT2D eigenvalue weighted by molar-refractivity contribution is 9.10. The zero-order valence-electron chi connectivity index (χ0n) is 9.42. The van der Waals surface area contributed by atoms with E-state index < -0.39 is 0 Å². The molecule has 0 saturated carbocycles. The molecule has 0 radical (unpaired) electrons. The van der Waals surface area contributed by atoms with Gasteiger partial charge in [0.25, 0.3) is 0 Å². The van der Waals surface area contributed by atoms with Crippen molar-refractivity contribution in [1.82, 2.24) is 14.6 Å². The minimum absolute atomic E-state index is 0.269. The van der Waals surface area contributed by atoms with Crippen molar-refractivity contribution < 1.29 is 5.11 Å². The van der Waals surface area contributed by atoms with Gasteiger partial charge in [-0.05, 0) is 45.8 Å². The molecule has 2 heterocycles. The lowest BCUT2D eigenvalue weighted by molar-refractivity contribution is 0.475. The molecule has 0 bridgehead atoms. The van der Waals surface area contributed by atoms with Gasteiger partial charge in [-0.25, -0.2) is 9.50 Å². The highest BCUT2D eigenvalue weighted by Crippen LogP contribution is 2.14. The largest absolute Gasteiger partial charge is 0.508 e. The Morgan fingerprint density at radius 2 is 1.89 bits per heavy atom. The van der Waals surface area contributed by atoms with Gasteiger partial charge >= 0.3 is 0 Å². The Bertz CT molecular complexity index is 691. The van der Waals surface area contributed by atoms with Crippen LogP contribution < -0.4 is 0 Å². The molecule has 0 unspecified atom stereocenters. The van der Waals surface area contributed by atoms with Crippen molar-refractivity contribution >= 4 is 21.6 Å². The van der Waals surface area contributed by atoms with Crippen LogP contribution in [0.1, 0.15) is 11.4 Å². The van der Waals surface area contributed by atoms with Crippen LogP contribution in [-0.4, -0.2) is 19.7 Å². The molecule has 0 spiro atoms. The molecule has 0 aliphatic carbocycles. The Labute approximate surface area is 112 Å². The van der Waals surface area contributed by atoms with Crippen molar-refractivity contribution in [2.24, 2.45) is 0 Å². The first kappa shape index (κ1) is 11.2. The number of phenols is 1. The van der Waals surface area contributed by atoms with Crippen LogP contribution in [0.3, 0.4) is 0 Å². The second kappa shape index (κ2) is 4.42. The summed E-state index contributed by atoms with van der Waals surface area (Å²) in [6.07, 6.45) is 2.53. The van der Waals surface area contributed by atoms with Gasteiger partial charge in [0.05, 0.1) is 0 Å². The summed E-state index contributed by atoms with van der Waals surface area (Å²) in [6, 6.07) is 10.9. The summed E-state index contributed by atoms with van der Waals surface area (Å²) in [5, 5.41) is 13.6. The molecule has 4 nitrogen and oxygen atoms in total. The van der Waals surface area contributed by atoms with Crippen LogP contribution >= 0.6 is 15.9 Å². The fourth-order valence-corrected chi connectivity index (χ4v) is 2.10. The van der Waals surface area contributed by atoms with E-state index >= 15 is 0 Å². The Morgan fingerprint density at radius 1 is 1.11 bits per heavy atom. The highest BCUT2D eigenvalue weighted by Gasteiger charge is 2.05. The van der Waals surface area contributed by atoms with Gasteiger partial charge in [-0.1, -0.05) is 12.1 Å². The number of nitrogens with zero attached hydrogens (tertiary/aromatic N) is 3. The minimum Gasteiger partial charge on any atom is -0.508 e. The molecule has 90 valence electrons. The third-order valence-corrected chi connectivity index (χ3v) is 3.11. The van der Waals surface area contributed by atoms with Crippen LogP contribution in [0.4, 0.5) is 0 Å². The van der Waals surface area contributed by atoms with Crippen molar-refractivity contribution in [3.8, 4) is 5.75 Å². The maximum atomic E-state index is 9.23. The van der Waals surface area contributed by atoms with Crippen LogP contribution in [0.15, 0.2) is 47.1 Å². The normalized spacial score (nSPS) is 10.9. The average Bonchev–Trinajstić information content (AvgIpc) is 2.73. The lowest BCUT2D eigenvalue weighted by Crippen LogP contribution is -1.91. The van der Waals surface area contributed by atoms with Crippen LogP contribution in [0, 0.1) is 0 Å². The van der Waals surface area contributed by atoms with Gasteiger partial charge in [-0.2, -0.15) is 5.10 Å². The minimum atomic E-state index is 0.269. The number of halogens is 1. The third kappa shape index (κ3) is 2.22. The number of benzene rings is 1. The number of hydrogen-bond donors (Lipinski definition) is 1. The summed E-state index contributed by atoms with van der Waals surface area (Å²) in [5.74, 6) is 1.03. The maximum Gasteiger partial charge on any atom is 0.156 e. The van der Waals surface area contributed by atoms with E-state index in [9.17, 15) is 5.11 Å². The summed E-state index contributed by atoms with van der Waals surface area (Å²) in [4.78, 5) is 4.44. The Morgan fingerprint density at radius 3 is 2.67 bits per heavy atom. The molecule has 0 saturated heterocycles. The van der Waals surface area contributed by atoms with E-state index in [2.05, 4.69) is 26.0 Å². The van der Waals surface area contributed by atoms with E-state index in [-0.39, 0.29) is 5.75 Å². The predicted octanol–water partition coefficient (Wildman–Crippen LogP) is 2.79. The second-order valence-corrected chi connectivity index (χ2v) is 4.94. The lowest BCUT2D eigenvalue weighted by Gasteiger charge is -1.96. The quantitative estimate of drug-likeness (QED) is 0.792. The molecule has 0 fully saturated rings. The standard InChI is InChI=1S/C13H10BrN3O/c14-10-3-6-13-15-12(16-17(13)8-10)7-9-1-4-11(18)5-2-9/h1-6,8,18H,7H2. The molecular weight excluding hydrogens is 294 g/mol. The number of phenolic OH excluding ortho intramolecular Hbond substituents is 1. The fraction of sp³-hybridized carbons (Fsp3) is 0.0769. The van der Waals surface area contributed by atoms with Gasteiger partial charge in [-0.3, -0.25) is 0 Å². The van der Waals surface area contributed by atoms with E-state index in [0.29, 0.717) is 6.42 Å². The summed E-state index contributed by atoms with van der Waals surface area (Å²) >= 11 is 3.40. The van der Waals surface area contributed by atoms with Crippen LogP contribution in [-0.2, 0) is 6.42 Å². The first-order valence-corrected chi connectivity index (χ1v) is 6.29. The second-order valence-electron chi connectivity index (χ2n) is 4.02. The van der Waals surface area contributed by atoms with Crippen molar-refractivity contribution in [2.75, 3.05) is 0 Å². The molecule has 1 aromatic carbocycles. The van der Waals surface area contributed by atoms with E-state index in [4.69, 9.17) is 0 Å². The summed E-state index contributed by atoms with van der Waals surface area (Å²) < 4.78 is 2.72. The Hall–Kier alpha value is -1.88. The molecule has 2 aromatic heterocycles. The zero-order valence-corrected chi connectivity index (χ0v) is 11.0. The van der Waals surface area contributed by atoms with Crippen molar-refractivity contribution in [1.29, 1.82) is 0 Å². The van der Waals surface area contributed by atoms with Gasteiger partial charge in [0, 0.05) is 17.1 Å². The molecule has 0 aliphatic rings. The number of fused-ring (bicyclic) bond motifs is 1. The smallest absolute Gasteiger partial charge is 0.156 e. The van der Waals surface area contributed by atoms with Gasteiger partial charge in [-0.15, -0.1) is 0 Å². The topological polar surface area (TPSA) is 50.4 Å². The van der Waals surface area contributed by atoms with Crippen LogP contribution in [0.25, 0.3) is 5.65 Å². The summed E-state index contributed by atoms with van der Waals surface area (Å²) in [7, 11) is 0. The van der Waals surface area contributed by atoms with Crippen molar-refractivity contribution in [2.45, 2.75) is 6.42 Å². The van der Waals surface area contributed by atoms with Gasteiger partial charge < -0.3 is 5.11 Å². The summed E-state index contributed by atoms with van der Waals surface area (Å²) in [6.45, 7) is 0. The maximum absolute atomic E-state index is 9.23. The molecule has 3 aromatic rings. The van der Waals surface area contributed by atoms with E-state index in [0.717, 1.165) is 21.5 Å². The Kier molecular flexibility index (Phi) is 2.76. The van der Waals surface area contributed by atoms with Gasteiger partial charge in [0.2, 0.25) is 0 Å². The fourth-order valence-electron chi connectivity index (χ4n) is 1.78. The first-order valence-electron chi connectivity index (χ1n) is 5.49. The van der Waals surface area contributed by atoms with E-state index in [1.165, 1.54) is 0 Å². The van der Waals surface area contributed by atoms with Crippen LogP contribution in [0.5, 0.6) is 5.75 Å². The van der Waals surface area contributed by atoms with Crippen molar-refractivity contribution in [3.05, 3.63) is 58.5 Å². The monoisotopic (exact) mass is 303 g/mol. The first-order chi connectivity index (χ1) is 8.70. The zero-order chi connectivity index (χ0) is 12.5. The van der Waals surface area contributed by atoms with Crippen molar-refractivity contribution in [3.63, 3.8) is 0 Å². The van der Waals surface area contributed by atoms with E-state index in [1.54, 1.807) is 16.6 Å². The average molecular weight is 304 g/mol.